The van der Waals surface area contributed by atoms with Crippen LogP contribution in [0.2, 0.25) is 0 Å². The second kappa shape index (κ2) is 11.0. The maximum Gasteiger partial charge on any atom is 0.101 e. The van der Waals surface area contributed by atoms with Gasteiger partial charge in [-0.15, -0.1) is 0 Å². The second-order valence-corrected chi connectivity index (χ2v) is 12.3. The maximum absolute atomic E-state index is 10.5. The fourth-order valence-corrected chi connectivity index (χ4v) is 7.62. The van der Waals surface area contributed by atoms with Gasteiger partial charge in [-0.25, -0.2) is 0 Å². The molecule has 1 aliphatic carbocycles. The van der Waals surface area contributed by atoms with Crippen molar-refractivity contribution in [3.63, 3.8) is 0 Å². The highest BCUT2D eigenvalue weighted by molar-refractivity contribution is 6.09. The zero-order valence-corrected chi connectivity index (χ0v) is 26.1. The first-order valence-corrected chi connectivity index (χ1v) is 16.2. The quantitative estimate of drug-likeness (QED) is 0.199. The first kappa shape index (κ1) is 27.7. The standard InChI is InChI=1S/C44H28N4/c45-27-29-20-25-38-37-15-5-8-19-42(37)48(43(38)26-29)44-31(28-46)10-9-16-39(44)34-12-2-1-11-33(34)30-21-23-32(24-22-30)47-40-17-6-3-13-35(40)36-14-4-7-18-41(36)47/h1-19,21-24,26H,20,25H2. The largest absolute Gasteiger partial charge is 0.309 e. The van der Waals surface area contributed by atoms with Gasteiger partial charge in [0.2, 0.25) is 0 Å². The van der Waals surface area contributed by atoms with Crippen molar-refractivity contribution in [2.45, 2.75) is 12.8 Å². The molecule has 0 atom stereocenters. The fourth-order valence-electron chi connectivity index (χ4n) is 7.62. The minimum absolute atomic E-state index is 0.588. The molecule has 2 aromatic heterocycles. The molecule has 0 unspecified atom stereocenters. The number of aromatic nitrogens is 2. The Morgan fingerprint density at radius 2 is 1.06 bits per heavy atom. The monoisotopic (exact) mass is 612 g/mol. The van der Waals surface area contributed by atoms with Crippen LogP contribution < -0.4 is 0 Å². The van der Waals surface area contributed by atoms with E-state index in [9.17, 15) is 10.5 Å². The Labute approximate surface area is 278 Å². The Balaban J connectivity index is 1.24. The first-order valence-electron chi connectivity index (χ1n) is 16.2. The molecule has 6 aromatic carbocycles. The van der Waals surface area contributed by atoms with Crippen LogP contribution in [0, 0.1) is 22.7 Å². The Hall–Kier alpha value is -6.62. The number of benzene rings is 6. The highest BCUT2D eigenvalue weighted by Gasteiger charge is 2.25. The van der Waals surface area contributed by atoms with E-state index in [0.29, 0.717) is 5.56 Å². The Morgan fingerprint density at radius 3 is 1.73 bits per heavy atom. The van der Waals surface area contributed by atoms with Crippen LogP contribution in [0.1, 0.15) is 23.2 Å². The van der Waals surface area contributed by atoms with Crippen LogP contribution in [0.5, 0.6) is 0 Å². The SMILES string of the molecule is N#CC1=Cc2c(c3ccccc3n2-c2c(C#N)cccc2-c2ccccc2-c2ccc(-n3c4ccccc4c4ccccc43)cc2)CC1. The predicted molar refractivity (Wildman–Crippen MR) is 195 cm³/mol. The third-order valence-electron chi connectivity index (χ3n) is 9.73. The van der Waals surface area contributed by atoms with Crippen LogP contribution in [0.15, 0.2) is 145 Å². The summed E-state index contributed by atoms with van der Waals surface area (Å²) in [6.45, 7) is 0. The van der Waals surface area contributed by atoms with Crippen LogP contribution in [0.4, 0.5) is 0 Å². The summed E-state index contributed by atoms with van der Waals surface area (Å²) in [5, 5.41) is 24.0. The number of rotatable bonds is 4. The summed E-state index contributed by atoms with van der Waals surface area (Å²) < 4.78 is 4.54. The highest BCUT2D eigenvalue weighted by Crippen LogP contribution is 2.42. The van der Waals surface area contributed by atoms with Crippen molar-refractivity contribution in [3.8, 4) is 45.8 Å². The van der Waals surface area contributed by atoms with Crippen molar-refractivity contribution in [1.82, 2.24) is 9.13 Å². The lowest BCUT2D eigenvalue weighted by molar-refractivity contribution is 0.939. The minimum atomic E-state index is 0.588. The second-order valence-electron chi connectivity index (χ2n) is 12.3. The molecule has 0 saturated carbocycles. The molecule has 0 spiro atoms. The van der Waals surface area contributed by atoms with E-state index >= 15 is 0 Å². The molecule has 224 valence electrons. The average Bonchev–Trinajstić information content (AvgIpc) is 3.67. The van der Waals surface area contributed by atoms with E-state index in [4.69, 9.17) is 0 Å². The number of nitrogens with zero attached hydrogens (tertiary/aromatic N) is 4. The van der Waals surface area contributed by atoms with E-state index in [-0.39, 0.29) is 0 Å². The smallest absolute Gasteiger partial charge is 0.101 e. The van der Waals surface area contributed by atoms with Gasteiger partial charge in [0.1, 0.15) is 6.07 Å². The Kier molecular flexibility index (Phi) is 6.35. The van der Waals surface area contributed by atoms with Crippen LogP contribution in [0.3, 0.4) is 0 Å². The summed E-state index contributed by atoms with van der Waals surface area (Å²) in [5.41, 5.74) is 13.1. The number of nitriles is 2. The number of para-hydroxylation sites is 4. The van der Waals surface area contributed by atoms with Gasteiger partial charge in [-0.1, -0.05) is 103 Å². The van der Waals surface area contributed by atoms with Crippen LogP contribution in [-0.4, -0.2) is 9.13 Å². The van der Waals surface area contributed by atoms with Gasteiger partial charge in [0.05, 0.1) is 39.6 Å². The van der Waals surface area contributed by atoms with Gasteiger partial charge in [0, 0.05) is 33.0 Å². The molecule has 0 N–H and O–H groups in total. The van der Waals surface area contributed by atoms with Crippen molar-refractivity contribution in [2.24, 2.45) is 0 Å². The highest BCUT2D eigenvalue weighted by atomic mass is 15.0. The third kappa shape index (κ3) is 4.14. The van der Waals surface area contributed by atoms with Gasteiger partial charge in [-0.2, -0.15) is 10.5 Å². The van der Waals surface area contributed by atoms with E-state index in [2.05, 4.69) is 143 Å². The molecule has 9 rings (SSSR count). The number of fused-ring (bicyclic) bond motifs is 6. The van der Waals surface area contributed by atoms with Crippen LogP contribution in [-0.2, 0) is 6.42 Å². The molecule has 0 saturated heterocycles. The third-order valence-corrected chi connectivity index (χ3v) is 9.73. The van der Waals surface area contributed by atoms with E-state index in [1.807, 2.05) is 24.3 Å². The zero-order valence-electron chi connectivity index (χ0n) is 26.1. The summed E-state index contributed by atoms with van der Waals surface area (Å²) in [7, 11) is 0. The molecule has 0 aliphatic heterocycles. The van der Waals surface area contributed by atoms with Crippen molar-refractivity contribution in [3.05, 3.63) is 162 Å². The fraction of sp³-hybridized carbons (Fsp3) is 0.0455. The molecular weight excluding hydrogens is 585 g/mol. The van der Waals surface area contributed by atoms with E-state index < -0.39 is 0 Å². The maximum atomic E-state index is 10.5. The van der Waals surface area contributed by atoms with Gasteiger partial charge >= 0.3 is 0 Å². The Bertz CT molecular complexity index is 2630. The van der Waals surface area contributed by atoms with Gasteiger partial charge in [0.25, 0.3) is 0 Å². The molecule has 1 aliphatic rings. The Morgan fingerprint density at radius 1 is 0.479 bits per heavy atom. The molecule has 0 bridgehead atoms. The molecule has 0 amide bonds. The number of allylic oxidation sites excluding steroid dienone is 1. The normalized spacial score (nSPS) is 12.5. The molecule has 8 aromatic rings. The van der Waals surface area contributed by atoms with E-state index in [1.54, 1.807) is 0 Å². The number of aryl methyl sites for hydroxylation is 1. The van der Waals surface area contributed by atoms with Gasteiger partial charge in [-0.05, 0) is 77.6 Å². The lowest BCUT2D eigenvalue weighted by Gasteiger charge is -2.20. The van der Waals surface area contributed by atoms with Crippen molar-refractivity contribution in [1.29, 1.82) is 10.5 Å². The summed E-state index contributed by atoms with van der Waals surface area (Å²) in [5.74, 6) is 0. The molecule has 48 heavy (non-hydrogen) atoms. The van der Waals surface area contributed by atoms with Crippen molar-refractivity contribution in [2.75, 3.05) is 0 Å². The molecule has 4 heteroatoms. The summed E-state index contributed by atoms with van der Waals surface area (Å²) in [6.07, 6.45) is 3.52. The lowest BCUT2D eigenvalue weighted by atomic mass is 9.91. The molecule has 4 nitrogen and oxygen atoms in total. The average molecular weight is 613 g/mol. The molecule has 2 heterocycles. The topological polar surface area (TPSA) is 57.4 Å². The number of hydrogen-bond acceptors (Lipinski definition) is 2. The van der Waals surface area contributed by atoms with Crippen molar-refractivity contribution >= 4 is 38.8 Å². The molecule has 0 radical (unpaired) electrons. The van der Waals surface area contributed by atoms with Crippen molar-refractivity contribution < 1.29 is 0 Å². The molecule has 0 fully saturated rings. The lowest BCUT2D eigenvalue weighted by Crippen LogP contribution is -2.06. The molecular formula is C44H28N4. The van der Waals surface area contributed by atoms with Gasteiger partial charge in [-0.3, -0.25) is 0 Å². The van der Waals surface area contributed by atoms with Gasteiger partial charge in [0.15, 0.2) is 0 Å². The predicted octanol–water partition coefficient (Wildman–Crippen LogP) is 10.8. The minimum Gasteiger partial charge on any atom is -0.309 e. The zero-order chi connectivity index (χ0) is 32.2. The summed E-state index contributed by atoms with van der Waals surface area (Å²) in [4.78, 5) is 0. The van der Waals surface area contributed by atoms with Gasteiger partial charge < -0.3 is 9.13 Å². The van der Waals surface area contributed by atoms with E-state index in [1.165, 1.54) is 27.4 Å². The summed E-state index contributed by atoms with van der Waals surface area (Å²) >= 11 is 0. The first-order chi connectivity index (χ1) is 23.7. The number of hydrogen-bond donors (Lipinski definition) is 0. The van der Waals surface area contributed by atoms with Crippen LogP contribution in [0.25, 0.3) is 72.4 Å². The van der Waals surface area contributed by atoms with Crippen LogP contribution >= 0.6 is 0 Å². The van der Waals surface area contributed by atoms with E-state index in [0.717, 1.165) is 68.6 Å². The summed E-state index contributed by atoms with van der Waals surface area (Å²) in [6, 6.07) is 53.6.